The van der Waals surface area contributed by atoms with Gasteiger partial charge in [0.1, 0.15) is 5.82 Å². The Morgan fingerprint density at radius 1 is 1.18 bits per heavy atom. The normalized spacial score (nSPS) is 11.2. The molecule has 0 bridgehead atoms. The molecule has 144 valence electrons. The molecular weight excluding hydrogens is 376 g/mol. The van der Waals surface area contributed by atoms with Gasteiger partial charge in [0.05, 0.1) is 17.9 Å². The molecule has 1 heterocycles. The van der Waals surface area contributed by atoms with Gasteiger partial charge in [-0.2, -0.15) is 0 Å². The minimum atomic E-state index is -0.950. The fraction of sp³-hybridized carbons (Fsp3) is 0.182. The first-order valence-electron chi connectivity index (χ1n) is 8.92. The molecule has 0 atom stereocenters. The lowest BCUT2D eigenvalue weighted by atomic mass is 9.99. The third-order valence-corrected chi connectivity index (χ3v) is 4.85. The summed E-state index contributed by atoms with van der Waals surface area (Å²) in [6.45, 7) is 2.27. The number of aliphatic hydroxyl groups excluding tert-OH is 1. The third kappa shape index (κ3) is 4.16. The molecule has 0 saturated heterocycles. The number of halogens is 1. The van der Waals surface area contributed by atoms with Crippen LogP contribution in [0.1, 0.15) is 34.4 Å². The maximum absolute atomic E-state index is 11.4. The van der Waals surface area contributed by atoms with Crippen LogP contribution in [-0.4, -0.2) is 25.7 Å². The fourth-order valence-electron chi connectivity index (χ4n) is 3.12. The van der Waals surface area contributed by atoms with E-state index in [0.717, 1.165) is 17.0 Å². The van der Waals surface area contributed by atoms with Crippen LogP contribution in [0.3, 0.4) is 0 Å². The van der Waals surface area contributed by atoms with Crippen LogP contribution in [0.5, 0.6) is 0 Å². The zero-order valence-electron chi connectivity index (χ0n) is 15.5. The number of benzene rings is 2. The summed E-state index contributed by atoms with van der Waals surface area (Å²) in [5.41, 5.74) is 3.37. The van der Waals surface area contributed by atoms with Gasteiger partial charge in [0, 0.05) is 13.0 Å². The topological polar surface area (TPSA) is 75.4 Å². The number of aromatic nitrogens is 2. The molecule has 0 radical (unpaired) electrons. The highest BCUT2D eigenvalue weighted by atomic mass is 35.5. The predicted octanol–water partition coefficient (Wildman–Crippen LogP) is 4.56. The van der Waals surface area contributed by atoms with E-state index >= 15 is 0 Å². The van der Waals surface area contributed by atoms with Gasteiger partial charge in [-0.1, -0.05) is 66.2 Å². The number of nitrogens with zero attached hydrogens (tertiary/aromatic N) is 2. The molecule has 5 nitrogen and oxygen atoms in total. The van der Waals surface area contributed by atoms with Crippen LogP contribution in [0.15, 0.2) is 60.7 Å². The number of carbonyl (C=O) groups is 1. The van der Waals surface area contributed by atoms with Crippen molar-refractivity contribution in [2.75, 3.05) is 0 Å². The zero-order chi connectivity index (χ0) is 20.1. The van der Waals surface area contributed by atoms with Crippen molar-refractivity contribution in [3.05, 3.63) is 88.5 Å². The molecule has 0 fully saturated rings. The Kier molecular flexibility index (Phi) is 6.29. The lowest BCUT2D eigenvalue weighted by Gasteiger charge is -2.12. The van der Waals surface area contributed by atoms with Gasteiger partial charge in [-0.15, -0.1) is 0 Å². The molecule has 3 rings (SSSR count). The smallest absolute Gasteiger partial charge is 0.336 e. The van der Waals surface area contributed by atoms with Crippen molar-refractivity contribution in [3.8, 4) is 11.1 Å². The molecule has 0 amide bonds. The summed E-state index contributed by atoms with van der Waals surface area (Å²) in [6, 6.07) is 14.6. The van der Waals surface area contributed by atoms with E-state index in [1.165, 1.54) is 0 Å². The second-order valence-electron chi connectivity index (χ2n) is 6.33. The molecule has 2 aromatic carbocycles. The average molecular weight is 397 g/mol. The second-order valence-corrected chi connectivity index (χ2v) is 6.69. The SMILES string of the molecule is CC=CCc1nc(Cl)c(CO)n1Cc1ccc(-c2ccccc2C(=O)O)cc1. The molecule has 2 N–H and O–H groups in total. The van der Waals surface area contributed by atoms with E-state index in [1.807, 2.05) is 54.0 Å². The Morgan fingerprint density at radius 3 is 2.54 bits per heavy atom. The van der Waals surface area contributed by atoms with Gasteiger partial charge in [0.25, 0.3) is 0 Å². The Balaban J connectivity index is 1.91. The molecule has 0 aliphatic carbocycles. The van der Waals surface area contributed by atoms with Crippen molar-refractivity contribution in [2.45, 2.75) is 26.5 Å². The van der Waals surface area contributed by atoms with Crippen LogP contribution in [0.25, 0.3) is 11.1 Å². The third-order valence-electron chi connectivity index (χ3n) is 4.55. The van der Waals surface area contributed by atoms with Crippen LogP contribution in [-0.2, 0) is 19.6 Å². The molecule has 0 aliphatic rings. The molecule has 6 heteroatoms. The van der Waals surface area contributed by atoms with Crippen molar-refractivity contribution in [2.24, 2.45) is 0 Å². The average Bonchev–Trinajstić information content (AvgIpc) is 3.01. The number of aliphatic hydroxyl groups is 1. The van der Waals surface area contributed by atoms with Gasteiger partial charge in [-0.05, 0) is 29.7 Å². The van der Waals surface area contributed by atoms with Gasteiger partial charge >= 0.3 is 5.97 Å². The first-order chi connectivity index (χ1) is 13.5. The first-order valence-corrected chi connectivity index (χ1v) is 9.30. The van der Waals surface area contributed by atoms with E-state index in [-0.39, 0.29) is 12.2 Å². The summed E-state index contributed by atoms with van der Waals surface area (Å²) in [5.74, 6) is -0.165. The number of carboxylic acids is 1. The highest BCUT2D eigenvalue weighted by molar-refractivity contribution is 6.30. The summed E-state index contributed by atoms with van der Waals surface area (Å²) in [6.07, 6.45) is 4.56. The highest BCUT2D eigenvalue weighted by Crippen LogP contribution is 2.25. The van der Waals surface area contributed by atoms with E-state index in [0.29, 0.717) is 29.4 Å². The number of hydrogen-bond donors (Lipinski definition) is 2. The summed E-state index contributed by atoms with van der Waals surface area (Å²) in [5, 5.41) is 19.4. The zero-order valence-corrected chi connectivity index (χ0v) is 16.2. The Hall–Kier alpha value is -2.89. The van der Waals surface area contributed by atoms with Gasteiger partial charge in [-0.25, -0.2) is 9.78 Å². The van der Waals surface area contributed by atoms with Crippen LogP contribution >= 0.6 is 11.6 Å². The molecule has 0 spiro atoms. The first kappa shape index (κ1) is 19.9. The van der Waals surface area contributed by atoms with Gasteiger partial charge in [0.15, 0.2) is 5.15 Å². The van der Waals surface area contributed by atoms with Crippen molar-refractivity contribution < 1.29 is 15.0 Å². The summed E-state index contributed by atoms with van der Waals surface area (Å²) in [7, 11) is 0. The van der Waals surface area contributed by atoms with E-state index in [9.17, 15) is 15.0 Å². The van der Waals surface area contributed by atoms with E-state index < -0.39 is 5.97 Å². The number of aromatic carboxylic acids is 1. The lowest BCUT2D eigenvalue weighted by Crippen LogP contribution is -2.08. The number of hydrogen-bond acceptors (Lipinski definition) is 3. The summed E-state index contributed by atoms with van der Waals surface area (Å²) < 4.78 is 1.92. The summed E-state index contributed by atoms with van der Waals surface area (Å²) >= 11 is 6.18. The maximum atomic E-state index is 11.4. The molecule has 0 aliphatic heterocycles. The second kappa shape index (κ2) is 8.87. The number of rotatable bonds is 7. The standard InChI is InChI=1S/C22H21ClN2O3/c1-2-3-8-20-24-21(23)19(14-26)25(20)13-15-9-11-16(12-10-15)17-6-4-5-7-18(17)22(27)28/h2-7,9-12,26H,8,13-14H2,1H3,(H,27,28). The van der Waals surface area contributed by atoms with Gasteiger partial charge < -0.3 is 14.8 Å². The van der Waals surface area contributed by atoms with E-state index in [1.54, 1.807) is 18.2 Å². The van der Waals surface area contributed by atoms with Crippen molar-refractivity contribution in [1.29, 1.82) is 0 Å². The number of allylic oxidation sites excluding steroid dienone is 2. The molecule has 0 unspecified atom stereocenters. The largest absolute Gasteiger partial charge is 0.478 e. The lowest BCUT2D eigenvalue weighted by molar-refractivity contribution is 0.0697. The van der Waals surface area contributed by atoms with E-state index in [4.69, 9.17) is 11.6 Å². The predicted molar refractivity (Wildman–Crippen MR) is 110 cm³/mol. The molecule has 3 aromatic rings. The minimum Gasteiger partial charge on any atom is -0.478 e. The van der Waals surface area contributed by atoms with Crippen LogP contribution in [0.2, 0.25) is 5.15 Å². The fourth-order valence-corrected chi connectivity index (χ4v) is 3.37. The van der Waals surface area contributed by atoms with Crippen molar-refractivity contribution in [1.82, 2.24) is 9.55 Å². The monoisotopic (exact) mass is 396 g/mol. The minimum absolute atomic E-state index is 0.189. The van der Waals surface area contributed by atoms with E-state index in [2.05, 4.69) is 4.98 Å². The van der Waals surface area contributed by atoms with Crippen LogP contribution in [0.4, 0.5) is 0 Å². The van der Waals surface area contributed by atoms with Gasteiger partial charge in [-0.3, -0.25) is 0 Å². The Labute approximate surface area is 168 Å². The molecule has 28 heavy (non-hydrogen) atoms. The van der Waals surface area contributed by atoms with Crippen LogP contribution in [0, 0.1) is 0 Å². The molecule has 1 aromatic heterocycles. The Bertz CT molecular complexity index is 1010. The quantitative estimate of drug-likeness (QED) is 0.574. The molecule has 0 saturated carbocycles. The van der Waals surface area contributed by atoms with Gasteiger partial charge in [0.2, 0.25) is 0 Å². The number of carboxylic acid groups (broad SMARTS) is 1. The summed E-state index contributed by atoms with van der Waals surface area (Å²) in [4.78, 5) is 15.8. The molecular formula is C22H21ClN2O3. The Morgan fingerprint density at radius 2 is 1.89 bits per heavy atom. The van der Waals surface area contributed by atoms with Crippen molar-refractivity contribution >= 4 is 17.6 Å². The van der Waals surface area contributed by atoms with Crippen LogP contribution < -0.4 is 0 Å². The number of imidazole rings is 1. The maximum Gasteiger partial charge on any atom is 0.336 e. The highest BCUT2D eigenvalue weighted by Gasteiger charge is 2.15. The van der Waals surface area contributed by atoms with Crippen molar-refractivity contribution in [3.63, 3.8) is 0 Å².